The van der Waals surface area contributed by atoms with Crippen LogP contribution in [0.1, 0.15) is 44.6 Å². The Bertz CT molecular complexity index is 1200. The molecule has 0 aliphatic carbocycles. The normalized spacial score (nSPS) is 24.3. The summed E-state index contributed by atoms with van der Waals surface area (Å²) >= 11 is 0. The highest BCUT2D eigenvalue weighted by Gasteiger charge is 2.39. The number of nitrogens with zero attached hydrogens (tertiary/aromatic N) is 6. The Morgan fingerprint density at radius 3 is 2.68 bits per heavy atom. The number of carbonyl (C=O) groups is 1. The number of ether oxygens (including phenoxy) is 1. The van der Waals surface area contributed by atoms with Crippen molar-refractivity contribution in [3.8, 4) is 5.75 Å². The van der Waals surface area contributed by atoms with Crippen LogP contribution in [-0.2, 0) is 4.79 Å². The lowest BCUT2D eigenvalue weighted by Crippen LogP contribution is -2.37. The molecule has 1 aromatic heterocycles. The topological polar surface area (TPSA) is 56.9 Å². The van der Waals surface area contributed by atoms with Crippen molar-refractivity contribution in [2.24, 2.45) is 0 Å². The van der Waals surface area contributed by atoms with Crippen LogP contribution in [0.2, 0.25) is 0 Å². The number of imidazole rings is 1. The second-order valence-electron chi connectivity index (χ2n) is 11.2. The summed E-state index contributed by atoms with van der Waals surface area (Å²) in [6.45, 7) is 5.11. The van der Waals surface area contributed by atoms with E-state index in [1.165, 1.54) is 19.3 Å². The number of fused-ring (bicyclic) bond motifs is 3. The van der Waals surface area contributed by atoms with Crippen LogP contribution in [0.5, 0.6) is 5.75 Å². The molecule has 1 amide bonds. The van der Waals surface area contributed by atoms with E-state index < -0.39 is 19.1 Å². The van der Waals surface area contributed by atoms with Crippen molar-refractivity contribution in [3.63, 3.8) is 0 Å². The first kappa shape index (κ1) is 25.4. The summed E-state index contributed by atoms with van der Waals surface area (Å²) < 4.78 is 36.7. The smallest absolute Gasteiger partial charge is 0.298 e. The Balaban J connectivity index is 1.31. The van der Waals surface area contributed by atoms with Gasteiger partial charge in [-0.3, -0.25) is 9.69 Å². The highest BCUT2D eigenvalue weighted by atomic mass is 19.3. The molecule has 206 valence electrons. The summed E-state index contributed by atoms with van der Waals surface area (Å²) in [7, 11) is 1.70. The van der Waals surface area contributed by atoms with E-state index in [0.717, 1.165) is 75.5 Å². The molecular weight excluding hydrogens is 490 g/mol. The average Bonchev–Trinajstić information content (AvgIpc) is 3.72. The van der Waals surface area contributed by atoms with Crippen LogP contribution in [0.15, 0.2) is 24.3 Å². The van der Waals surface area contributed by atoms with Gasteiger partial charge in [-0.1, -0.05) is 12.5 Å². The molecule has 1 aromatic carbocycles. The molecule has 3 fully saturated rings. The Labute approximate surface area is 222 Å². The SMILES string of the molecule is CN1CC(F)(F)COc2ccc3nc(N4CC4)n([C@@H]4CCCCN(C(=O)/C=C/CN5CCCCC5)C4)c3c21. The molecule has 10 heteroatoms. The van der Waals surface area contributed by atoms with Gasteiger partial charge in [0.25, 0.3) is 5.92 Å². The number of benzene rings is 1. The summed E-state index contributed by atoms with van der Waals surface area (Å²) in [4.78, 5) is 26.4. The predicted octanol–water partition coefficient (Wildman–Crippen LogP) is 3.92. The van der Waals surface area contributed by atoms with E-state index in [2.05, 4.69) is 14.4 Å². The fraction of sp³-hybridized carbons (Fsp3) is 0.643. The Kier molecular flexibility index (Phi) is 6.92. The fourth-order valence-corrected chi connectivity index (χ4v) is 6.18. The van der Waals surface area contributed by atoms with Crippen LogP contribution in [0.25, 0.3) is 11.0 Å². The van der Waals surface area contributed by atoms with Gasteiger partial charge in [0.2, 0.25) is 11.9 Å². The minimum Gasteiger partial charge on any atom is -0.485 e. The zero-order valence-corrected chi connectivity index (χ0v) is 22.2. The quantitative estimate of drug-likeness (QED) is 0.433. The standard InChI is InChI=1S/C28H38F2N6O2/c1-32-19-28(29,30)20-38-23-11-10-22-25(26(23)32)36(27(31-22)34-16-17-34)21-8-3-6-15-35(18-21)24(37)9-7-14-33-12-4-2-5-13-33/h7,9-11,21H,2-6,8,12-20H2,1H3/b9-7+/t21-/m1/s1. The highest BCUT2D eigenvalue weighted by molar-refractivity contribution is 5.95. The van der Waals surface area contributed by atoms with E-state index in [0.29, 0.717) is 18.0 Å². The van der Waals surface area contributed by atoms with E-state index in [9.17, 15) is 13.6 Å². The van der Waals surface area contributed by atoms with E-state index >= 15 is 0 Å². The van der Waals surface area contributed by atoms with Gasteiger partial charge in [0.05, 0.1) is 23.6 Å². The highest BCUT2D eigenvalue weighted by Crippen LogP contribution is 2.44. The summed E-state index contributed by atoms with van der Waals surface area (Å²) in [6, 6.07) is 3.63. The van der Waals surface area contributed by atoms with Crippen molar-refractivity contribution < 1.29 is 18.3 Å². The van der Waals surface area contributed by atoms with Gasteiger partial charge in [0, 0.05) is 45.8 Å². The van der Waals surface area contributed by atoms with Gasteiger partial charge in [-0.25, -0.2) is 13.8 Å². The maximum atomic E-state index is 14.4. The molecule has 5 heterocycles. The maximum absolute atomic E-state index is 14.4. The molecule has 4 aliphatic rings. The van der Waals surface area contributed by atoms with Crippen molar-refractivity contribution >= 4 is 28.6 Å². The van der Waals surface area contributed by atoms with E-state index in [1.807, 2.05) is 17.0 Å². The van der Waals surface area contributed by atoms with Crippen molar-refractivity contribution in [3.05, 3.63) is 24.3 Å². The van der Waals surface area contributed by atoms with Gasteiger partial charge in [-0.15, -0.1) is 0 Å². The lowest BCUT2D eigenvalue weighted by atomic mass is 10.1. The summed E-state index contributed by atoms with van der Waals surface area (Å²) in [5.74, 6) is -1.58. The predicted molar refractivity (Wildman–Crippen MR) is 145 cm³/mol. The number of hydrogen-bond acceptors (Lipinski definition) is 6. The van der Waals surface area contributed by atoms with Crippen LogP contribution in [-0.4, -0.2) is 97.2 Å². The minimum absolute atomic E-state index is 0.00112. The number of alkyl halides is 2. The molecule has 38 heavy (non-hydrogen) atoms. The first-order valence-electron chi connectivity index (χ1n) is 14.1. The second kappa shape index (κ2) is 10.4. The maximum Gasteiger partial charge on any atom is 0.298 e. The van der Waals surface area contributed by atoms with Gasteiger partial charge in [-0.05, 0) is 57.3 Å². The van der Waals surface area contributed by atoms with Crippen LogP contribution >= 0.6 is 0 Å². The minimum atomic E-state index is -2.94. The van der Waals surface area contributed by atoms with Gasteiger partial charge in [0.15, 0.2) is 6.61 Å². The number of halogens is 2. The number of amides is 1. The van der Waals surface area contributed by atoms with E-state index in [-0.39, 0.29) is 11.9 Å². The average molecular weight is 529 g/mol. The number of aromatic nitrogens is 2. The largest absolute Gasteiger partial charge is 0.485 e. The third kappa shape index (κ3) is 5.19. The molecule has 8 nitrogen and oxygen atoms in total. The van der Waals surface area contributed by atoms with E-state index in [1.54, 1.807) is 24.1 Å². The zero-order chi connectivity index (χ0) is 26.3. The molecule has 4 aliphatic heterocycles. The number of rotatable bonds is 5. The fourth-order valence-electron chi connectivity index (χ4n) is 6.18. The number of likely N-dealkylation sites (tertiary alicyclic amines) is 2. The van der Waals surface area contributed by atoms with Crippen molar-refractivity contribution in [2.45, 2.75) is 50.5 Å². The summed E-state index contributed by atoms with van der Waals surface area (Å²) in [5, 5.41) is 0. The van der Waals surface area contributed by atoms with Gasteiger partial charge in [-0.2, -0.15) is 0 Å². The molecule has 0 radical (unpaired) electrons. The molecule has 2 aromatic rings. The molecule has 0 N–H and O–H groups in total. The third-order valence-electron chi connectivity index (χ3n) is 8.18. The Hall–Kier alpha value is -2.88. The molecule has 0 spiro atoms. The van der Waals surface area contributed by atoms with Gasteiger partial charge >= 0.3 is 0 Å². The van der Waals surface area contributed by atoms with Crippen molar-refractivity contribution in [2.75, 3.05) is 75.8 Å². The molecule has 0 unspecified atom stereocenters. The van der Waals surface area contributed by atoms with Crippen LogP contribution in [0.4, 0.5) is 20.4 Å². The van der Waals surface area contributed by atoms with Gasteiger partial charge < -0.3 is 24.0 Å². The van der Waals surface area contributed by atoms with Crippen LogP contribution < -0.4 is 14.5 Å². The number of hydrogen-bond donors (Lipinski definition) is 0. The first-order chi connectivity index (χ1) is 18.4. The molecule has 1 atom stereocenters. The number of anilines is 2. The third-order valence-corrected chi connectivity index (χ3v) is 8.18. The second-order valence-corrected chi connectivity index (χ2v) is 11.2. The zero-order valence-electron chi connectivity index (χ0n) is 22.2. The lowest BCUT2D eigenvalue weighted by Gasteiger charge is -2.28. The molecule has 3 saturated heterocycles. The molecule has 0 saturated carbocycles. The number of piperidine rings is 1. The first-order valence-corrected chi connectivity index (χ1v) is 14.1. The Morgan fingerprint density at radius 2 is 1.89 bits per heavy atom. The Morgan fingerprint density at radius 1 is 1.11 bits per heavy atom. The summed E-state index contributed by atoms with van der Waals surface area (Å²) in [5.41, 5.74) is 2.25. The molecule has 6 rings (SSSR count). The van der Waals surface area contributed by atoms with E-state index in [4.69, 9.17) is 9.72 Å². The molecular formula is C28H38F2N6O2. The van der Waals surface area contributed by atoms with Crippen molar-refractivity contribution in [1.82, 2.24) is 19.4 Å². The van der Waals surface area contributed by atoms with Crippen LogP contribution in [0.3, 0.4) is 0 Å². The van der Waals surface area contributed by atoms with Gasteiger partial charge in [0.1, 0.15) is 11.4 Å². The lowest BCUT2D eigenvalue weighted by molar-refractivity contribution is -0.126. The molecule has 0 bridgehead atoms. The summed E-state index contributed by atoms with van der Waals surface area (Å²) in [6.07, 6.45) is 10.3. The monoisotopic (exact) mass is 528 g/mol. The number of carbonyl (C=O) groups excluding carboxylic acids is 1. The van der Waals surface area contributed by atoms with Crippen molar-refractivity contribution in [1.29, 1.82) is 0 Å². The van der Waals surface area contributed by atoms with Crippen LogP contribution in [0, 0.1) is 0 Å².